The summed E-state index contributed by atoms with van der Waals surface area (Å²) in [4.78, 5) is 14.8. The zero-order valence-corrected chi connectivity index (χ0v) is 16.1. The number of carbonyl (C=O) groups is 1. The summed E-state index contributed by atoms with van der Waals surface area (Å²) in [5, 5.41) is 0.628. The lowest BCUT2D eigenvalue weighted by atomic mass is 10.1. The molecule has 0 unspecified atom stereocenters. The molecule has 2 heterocycles. The van der Waals surface area contributed by atoms with Crippen LogP contribution >= 0.6 is 11.6 Å². The minimum atomic E-state index is -0.0641. The Morgan fingerprint density at radius 2 is 1.82 bits per heavy atom. The van der Waals surface area contributed by atoms with Crippen LogP contribution in [0.5, 0.6) is 0 Å². The molecule has 0 bridgehead atoms. The van der Waals surface area contributed by atoms with Crippen molar-refractivity contribution in [2.45, 2.75) is 0 Å². The van der Waals surface area contributed by atoms with Crippen molar-refractivity contribution in [3.63, 3.8) is 0 Å². The highest BCUT2D eigenvalue weighted by Gasteiger charge is 2.13. The average Bonchev–Trinajstić information content (AvgIpc) is 3.22. The van der Waals surface area contributed by atoms with Gasteiger partial charge in [0.05, 0.1) is 18.2 Å². The Balaban J connectivity index is 1.48. The van der Waals surface area contributed by atoms with Crippen molar-refractivity contribution in [3.8, 4) is 11.3 Å². The van der Waals surface area contributed by atoms with Crippen LogP contribution in [0.15, 0.2) is 71.2 Å². The van der Waals surface area contributed by atoms with E-state index in [9.17, 15) is 4.79 Å². The van der Waals surface area contributed by atoms with E-state index in [2.05, 4.69) is 4.90 Å². The first-order valence-corrected chi connectivity index (χ1v) is 9.58. The van der Waals surface area contributed by atoms with E-state index < -0.39 is 0 Å². The Labute approximate surface area is 169 Å². The largest absolute Gasteiger partial charge is 0.457 e. The van der Waals surface area contributed by atoms with E-state index in [1.54, 1.807) is 6.08 Å². The third-order valence-electron chi connectivity index (χ3n) is 4.67. The topological polar surface area (TPSA) is 42.7 Å². The van der Waals surface area contributed by atoms with Gasteiger partial charge in [-0.15, -0.1) is 0 Å². The first-order chi connectivity index (χ1) is 13.7. The Morgan fingerprint density at radius 1 is 1.00 bits per heavy atom. The van der Waals surface area contributed by atoms with E-state index in [0.717, 1.165) is 24.3 Å². The molecule has 0 atom stereocenters. The van der Waals surface area contributed by atoms with Gasteiger partial charge >= 0.3 is 0 Å². The number of ether oxygens (including phenoxy) is 1. The summed E-state index contributed by atoms with van der Waals surface area (Å²) in [5.41, 5.74) is 2.52. The average molecular weight is 394 g/mol. The zero-order valence-electron chi connectivity index (χ0n) is 15.3. The second kappa shape index (κ2) is 8.46. The van der Waals surface area contributed by atoms with Crippen molar-refractivity contribution >= 4 is 29.1 Å². The minimum Gasteiger partial charge on any atom is -0.457 e. The number of furan rings is 1. The molecule has 142 valence electrons. The number of carbonyl (C=O) groups excluding carboxylic acids is 1. The van der Waals surface area contributed by atoms with E-state index in [1.807, 2.05) is 60.7 Å². The maximum absolute atomic E-state index is 12.6. The van der Waals surface area contributed by atoms with E-state index in [4.69, 9.17) is 20.8 Å². The molecular formula is C23H20ClNO3. The van der Waals surface area contributed by atoms with Crippen molar-refractivity contribution in [1.29, 1.82) is 0 Å². The van der Waals surface area contributed by atoms with Crippen LogP contribution in [0, 0.1) is 0 Å². The van der Waals surface area contributed by atoms with Gasteiger partial charge in [0.2, 0.25) is 0 Å². The number of nitrogens with zero attached hydrogens (tertiary/aromatic N) is 1. The third kappa shape index (κ3) is 4.19. The van der Waals surface area contributed by atoms with Gasteiger partial charge in [0.1, 0.15) is 11.5 Å². The van der Waals surface area contributed by atoms with Crippen LogP contribution in [0.1, 0.15) is 16.1 Å². The maximum Gasteiger partial charge on any atom is 0.186 e. The molecule has 0 radical (unpaired) electrons. The van der Waals surface area contributed by atoms with Crippen molar-refractivity contribution in [3.05, 3.63) is 83.1 Å². The monoisotopic (exact) mass is 393 g/mol. The summed E-state index contributed by atoms with van der Waals surface area (Å²) in [6.07, 6.45) is 3.22. The molecule has 1 saturated heterocycles. The predicted octanol–water partition coefficient (Wildman–Crippen LogP) is 5.33. The first kappa shape index (κ1) is 18.5. The van der Waals surface area contributed by atoms with E-state index >= 15 is 0 Å². The molecule has 28 heavy (non-hydrogen) atoms. The Morgan fingerprint density at radius 3 is 2.64 bits per heavy atom. The SMILES string of the molecule is O=C(/C=C/c1ccc(-c2ccccc2Cl)o1)c1cccc(N2CCOCC2)c1. The molecular weight excluding hydrogens is 374 g/mol. The highest BCUT2D eigenvalue weighted by Crippen LogP contribution is 2.29. The van der Waals surface area contributed by atoms with Crippen LogP contribution in [0.3, 0.4) is 0 Å². The van der Waals surface area contributed by atoms with Crippen LogP contribution < -0.4 is 4.90 Å². The highest BCUT2D eigenvalue weighted by atomic mass is 35.5. The molecule has 0 aliphatic carbocycles. The van der Waals surface area contributed by atoms with Gasteiger partial charge in [-0.3, -0.25) is 4.79 Å². The van der Waals surface area contributed by atoms with Gasteiger partial charge in [0.25, 0.3) is 0 Å². The molecule has 3 aromatic rings. The summed E-state index contributed by atoms with van der Waals surface area (Å²) in [5.74, 6) is 1.21. The van der Waals surface area contributed by atoms with Gasteiger partial charge in [-0.2, -0.15) is 0 Å². The lowest BCUT2D eigenvalue weighted by molar-refractivity contribution is 0.104. The summed E-state index contributed by atoms with van der Waals surface area (Å²) >= 11 is 6.21. The van der Waals surface area contributed by atoms with Crippen molar-refractivity contribution in [2.75, 3.05) is 31.2 Å². The van der Waals surface area contributed by atoms with E-state index in [0.29, 0.717) is 35.3 Å². The number of hydrogen-bond acceptors (Lipinski definition) is 4. The molecule has 0 spiro atoms. The quantitative estimate of drug-likeness (QED) is 0.434. The van der Waals surface area contributed by atoms with Crippen LogP contribution in [0.4, 0.5) is 5.69 Å². The fourth-order valence-corrected chi connectivity index (χ4v) is 3.41. The van der Waals surface area contributed by atoms with Crippen LogP contribution in [0.25, 0.3) is 17.4 Å². The smallest absolute Gasteiger partial charge is 0.186 e. The highest BCUT2D eigenvalue weighted by molar-refractivity contribution is 6.33. The zero-order chi connectivity index (χ0) is 19.3. The summed E-state index contributed by atoms with van der Waals surface area (Å²) in [6.45, 7) is 3.10. The number of rotatable bonds is 5. The van der Waals surface area contributed by atoms with Crippen molar-refractivity contribution < 1.29 is 13.9 Å². The summed E-state index contributed by atoms with van der Waals surface area (Å²) in [6, 6.07) is 18.9. The summed E-state index contributed by atoms with van der Waals surface area (Å²) in [7, 11) is 0. The molecule has 5 heteroatoms. The maximum atomic E-state index is 12.6. The lowest BCUT2D eigenvalue weighted by Crippen LogP contribution is -2.36. The normalized spacial score (nSPS) is 14.5. The minimum absolute atomic E-state index is 0.0641. The molecule has 0 saturated carbocycles. The molecule has 4 rings (SSSR count). The standard InChI is InChI=1S/C23H20ClNO3/c24-21-7-2-1-6-20(21)23-11-9-19(28-23)8-10-22(26)17-4-3-5-18(16-17)25-12-14-27-15-13-25/h1-11,16H,12-15H2/b10-8+. The molecule has 1 aliphatic rings. The molecule has 1 aromatic heterocycles. The fraction of sp³-hybridized carbons (Fsp3) is 0.174. The van der Waals surface area contributed by atoms with Crippen LogP contribution in [0.2, 0.25) is 5.02 Å². The van der Waals surface area contributed by atoms with Crippen LogP contribution in [-0.4, -0.2) is 32.1 Å². The number of allylic oxidation sites excluding steroid dienone is 1. The molecule has 1 aliphatic heterocycles. The lowest BCUT2D eigenvalue weighted by Gasteiger charge is -2.29. The number of ketones is 1. The molecule has 4 nitrogen and oxygen atoms in total. The number of anilines is 1. The Kier molecular flexibility index (Phi) is 5.60. The van der Waals surface area contributed by atoms with Gasteiger partial charge in [-0.05, 0) is 48.6 Å². The number of morpholine rings is 1. The van der Waals surface area contributed by atoms with Gasteiger partial charge in [0.15, 0.2) is 5.78 Å². The van der Waals surface area contributed by atoms with Crippen molar-refractivity contribution in [2.24, 2.45) is 0 Å². The van der Waals surface area contributed by atoms with E-state index in [-0.39, 0.29) is 5.78 Å². The predicted molar refractivity (Wildman–Crippen MR) is 112 cm³/mol. The fourth-order valence-electron chi connectivity index (χ4n) is 3.18. The third-order valence-corrected chi connectivity index (χ3v) is 5.00. The summed E-state index contributed by atoms with van der Waals surface area (Å²) < 4.78 is 11.2. The number of halogens is 1. The Bertz CT molecular complexity index is 1000. The van der Waals surface area contributed by atoms with Crippen LogP contribution in [-0.2, 0) is 4.74 Å². The van der Waals surface area contributed by atoms with E-state index in [1.165, 1.54) is 6.08 Å². The number of benzene rings is 2. The first-order valence-electron chi connectivity index (χ1n) is 9.20. The van der Waals surface area contributed by atoms with Gasteiger partial charge < -0.3 is 14.1 Å². The second-order valence-electron chi connectivity index (χ2n) is 6.53. The van der Waals surface area contributed by atoms with Gasteiger partial charge in [-0.25, -0.2) is 0 Å². The molecule has 1 fully saturated rings. The molecule has 0 N–H and O–H groups in total. The van der Waals surface area contributed by atoms with Gasteiger partial charge in [-0.1, -0.05) is 35.9 Å². The number of hydrogen-bond donors (Lipinski definition) is 0. The Hall–Kier alpha value is -2.82. The van der Waals surface area contributed by atoms with Gasteiger partial charge in [0, 0.05) is 29.9 Å². The molecule has 2 aromatic carbocycles. The van der Waals surface area contributed by atoms with Crippen molar-refractivity contribution in [1.82, 2.24) is 0 Å². The molecule has 0 amide bonds. The second-order valence-corrected chi connectivity index (χ2v) is 6.94.